The Kier molecular flexibility index (Phi) is 4.98. The summed E-state index contributed by atoms with van der Waals surface area (Å²) >= 11 is 0. The summed E-state index contributed by atoms with van der Waals surface area (Å²) in [5, 5.41) is 9.99. The van der Waals surface area contributed by atoms with E-state index < -0.39 is 46.6 Å². The number of amides is 1. The summed E-state index contributed by atoms with van der Waals surface area (Å²) < 4.78 is 32.9. The van der Waals surface area contributed by atoms with Crippen LogP contribution in [0.1, 0.15) is 26.7 Å². The number of esters is 1. The van der Waals surface area contributed by atoms with Crippen LogP contribution >= 0.6 is 0 Å². The predicted molar refractivity (Wildman–Crippen MR) is 78.8 cm³/mol. The van der Waals surface area contributed by atoms with E-state index in [1.54, 1.807) is 13.8 Å². The molecule has 1 amide bonds. The van der Waals surface area contributed by atoms with Gasteiger partial charge in [-0.1, -0.05) is 13.0 Å². The highest BCUT2D eigenvalue weighted by atomic mass is 19.1. The molecule has 0 radical (unpaired) electrons. The van der Waals surface area contributed by atoms with Crippen molar-refractivity contribution in [1.29, 1.82) is 0 Å². The Hall–Kier alpha value is -2.44. The summed E-state index contributed by atoms with van der Waals surface area (Å²) in [5.74, 6) is -4.23. The lowest BCUT2D eigenvalue weighted by molar-refractivity contribution is -0.140. The largest absolute Gasteiger partial charge is 0.511 e. The number of para-hydroxylation sites is 1. The lowest BCUT2D eigenvalue weighted by Gasteiger charge is -2.35. The van der Waals surface area contributed by atoms with Gasteiger partial charge in [-0.25, -0.2) is 13.6 Å². The number of anilines is 1. The first-order valence-electron chi connectivity index (χ1n) is 7.29. The van der Waals surface area contributed by atoms with Crippen LogP contribution < -0.4 is 4.90 Å². The molecule has 23 heavy (non-hydrogen) atoms. The molecule has 2 rings (SSSR count). The number of carbonyl (C=O) groups is 2. The Morgan fingerprint density at radius 1 is 1.35 bits per heavy atom. The van der Waals surface area contributed by atoms with Gasteiger partial charge in [0.25, 0.3) is 5.91 Å². The van der Waals surface area contributed by atoms with Gasteiger partial charge in [0.1, 0.15) is 23.1 Å². The van der Waals surface area contributed by atoms with Gasteiger partial charge in [-0.15, -0.1) is 0 Å². The van der Waals surface area contributed by atoms with Gasteiger partial charge in [-0.05, 0) is 25.5 Å². The molecule has 0 spiro atoms. The van der Waals surface area contributed by atoms with Crippen molar-refractivity contribution in [2.45, 2.75) is 32.7 Å². The standard InChI is InChI=1S/C16H17F2NO4/c1-3-9-8-12(20)13(16(22)23-4-2)15(21)19(9)14-10(17)6-5-7-11(14)18/h5-7,9,20H,3-4,8H2,1-2H3. The van der Waals surface area contributed by atoms with Crippen LogP contribution in [0.3, 0.4) is 0 Å². The van der Waals surface area contributed by atoms with Crippen LogP contribution in [0.25, 0.3) is 0 Å². The third kappa shape index (κ3) is 3.04. The molecule has 1 heterocycles. The maximum atomic E-state index is 14.1. The molecular weight excluding hydrogens is 308 g/mol. The average molecular weight is 325 g/mol. The monoisotopic (exact) mass is 325 g/mol. The number of halogens is 2. The molecule has 1 aromatic carbocycles. The van der Waals surface area contributed by atoms with E-state index in [4.69, 9.17) is 4.74 Å². The highest BCUT2D eigenvalue weighted by Gasteiger charge is 2.40. The molecule has 7 heteroatoms. The van der Waals surface area contributed by atoms with Gasteiger partial charge in [0, 0.05) is 12.5 Å². The molecule has 1 aliphatic rings. The number of benzene rings is 1. The Labute approximate surface area is 132 Å². The average Bonchev–Trinajstić information content (AvgIpc) is 2.49. The van der Waals surface area contributed by atoms with E-state index in [-0.39, 0.29) is 13.0 Å². The second-order valence-electron chi connectivity index (χ2n) is 5.05. The molecule has 0 aromatic heterocycles. The minimum absolute atomic E-state index is 0.00809. The maximum absolute atomic E-state index is 14.1. The zero-order valence-electron chi connectivity index (χ0n) is 12.8. The minimum Gasteiger partial charge on any atom is -0.511 e. The number of aliphatic hydroxyl groups excluding tert-OH is 1. The second kappa shape index (κ2) is 6.76. The molecule has 0 aliphatic carbocycles. The van der Waals surface area contributed by atoms with Crippen LogP contribution in [0.2, 0.25) is 0 Å². The smallest absolute Gasteiger partial charge is 0.347 e. The molecule has 124 valence electrons. The molecule has 0 saturated heterocycles. The number of ether oxygens (including phenoxy) is 1. The van der Waals surface area contributed by atoms with Gasteiger partial charge in [0.15, 0.2) is 5.57 Å². The maximum Gasteiger partial charge on any atom is 0.347 e. The molecule has 1 atom stereocenters. The van der Waals surface area contributed by atoms with Crippen LogP contribution in [0.4, 0.5) is 14.5 Å². The first-order valence-corrected chi connectivity index (χ1v) is 7.29. The van der Waals surface area contributed by atoms with Gasteiger partial charge in [0.05, 0.1) is 6.61 Å². The van der Waals surface area contributed by atoms with Gasteiger partial charge in [-0.2, -0.15) is 0 Å². The van der Waals surface area contributed by atoms with Crippen molar-refractivity contribution in [3.05, 3.63) is 41.2 Å². The topological polar surface area (TPSA) is 66.8 Å². The van der Waals surface area contributed by atoms with E-state index in [1.165, 1.54) is 6.07 Å². The summed E-state index contributed by atoms with van der Waals surface area (Å²) in [7, 11) is 0. The van der Waals surface area contributed by atoms with Gasteiger partial charge in [0.2, 0.25) is 0 Å². The lowest BCUT2D eigenvalue weighted by Crippen LogP contribution is -2.47. The summed E-state index contributed by atoms with van der Waals surface area (Å²) in [4.78, 5) is 25.4. The third-order valence-corrected chi connectivity index (χ3v) is 3.64. The fraction of sp³-hybridized carbons (Fsp3) is 0.375. The number of aliphatic hydroxyl groups is 1. The molecule has 1 N–H and O–H groups in total. The first-order chi connectivity index (χ1) is 10.9. The zero-order valence-corrected chi connectivity index (χ0v) is 12.8. The quantitative estimate of drug-likeness (QED) is 0.683. The van der Waals surface area contributed by atoms with E-state index in [0.717, 1.165) is 17.0 Å². The SMILES string of the molecule is CCOC(=O)C1=C(O)CC(CC)N(c2c(F)cccc2F)C1=O. The molecule has 1 unspecified atom stereocenters. The second-order valence-corrected chi connectivity index (χ2v) is 5.05. The van der Waals surface area contributed by atoms with Gasteiger partial charge >= 0.3 is 5.97 Å². The van der Waals surface area contributed by atoms with E-state index >= 15 is 0 Å². The highest BCUT2D eigenvalue weighted by Crippen LogP contribution is 2.33. The van der Waals surface area contributed by atoms with Crippen molar-refractivity contribution in [1.82, 2.24) is 0 Å². The first kappa shape index (κ1) is 16.9. The fourth-order valence-corrected chi connectivity index (χ4v) is 2.56. The molecule has 0 bridgehead atoms. The Bertz CT molecular complexity index is 652. The third-order valence-electron chi connectivity index (χ3n) is 3.64. The number of nitrogens with zero attached hydrogens (tertiary/aromatic N) is 1. The Morgan fingerprint density at radius 2 is 1.96 bits per heavy atom. The number of rotatable bonds is 4. The summed E-state index contributed by atoms with van der Waals surface area (Å²) in [6.07, 6.45) is 0.268. The van der Waals surface area contributed by atoms with Crippen LogP contribution in [-0.4, -0.2) is 29.6 Å². The van der Waals surface area contributed by atoms with Crippen LogP contribution in [0.5, 0.6) is 0 Å². The Morgan fingerprint density at radius 3 is 2.48 bits per heavy atom. The number of carbonyl (C=O) groups excluding carboxylic acids is 2. The number of hydrogen-bond donors (Lipinski definition) is 1. The van der Waals surface area contributed by atoms with Crippen LogP contribution in [0.15, 0.2) is 29.5 Å². The fourth-order valence-electron chi connectivity index (χ4n) is 2.56. The van der Waals surface area contributed by atoms with E-state index in [2.05, 4.69) is 0 Å². The van der Waals surface area contributed by atoms with Crippen molar-refractivity contribution in [3.8, 4) is 0 Å². The van der Waals surface area contributed by atoms with Crippen molar-refractivity contribution < 1.29 is 28.2 Å². The molecule has 1 aromatic rings. The predicted octanol–water partition coefficient (Wildman–Crippen LogP) is 2.86. The van der Waals surface area contributed by atoms with E-state index in [0.29, 0.717) is 6.42 Å². The molecular formula is C16H17F2NO4. The molecule has 0 fully saturated rings. The van der Waals surface area contributed by atoms with Crippen molar-refractivity contribution >= 4 is 17.6 Å². The zero-order chi connectivity index (χ0) is 17.1. The summed E-state index contributed by atoms with van der Waals surface area (Å²) in [6, 6.07) is 2.58. The van der Waals surface area contributed by atoms with Crippen LogP contribution in [0, 0.1) is 11.6 Å². The van der Waals surface area contributed by atoms with Gasteiger partial charge < -0.3 is 9.84 Å². The molecule has 0 saturated carbocycles. The normalized spacial score (nSPS) is 18.3. The molecule has 1 aliphatic heterocycles. The highest BCUT2D eigenvalue weighted by molar-refractivity contribution is 6.23. The summed E-state index contributed by atoms with van der Waals surface area (Å²) in [5.41, 5.74) is -1.11. The minimum atomic E-state index is -1.01. The number of hydrogen-bond acceptors (Lipinski definition) is 4. The summed E-state index contributed by atoms with van der Waals surface area (Å²) in [6.45, 7) is 3.27. The molecule has 5 nitrogen and oxygen atoms in total. The van der Waals surface area contributed by atoms with E-state index in [1.807, 2.05) is 0 Å². The van der Waals surface area contributed by atoms with Crippen molar-refractivity contribution in [2.24, 2.45) is 0 Å². The lowest BCUT2D eigenvalue weighted by atomic mass is 9.96. The van der Waals surface area contributed by atoms with Crippen LogP contribution in [-0.2, 0) is 14.3 Å². The van der Waals surface area contributed by atoms with Crippen molar-refractivity contribution in [2.75, 3.05) is 11.5 Å². The van der Waals surface area contributed by atoms with E-state index in [9.17, 15) is 23.5 Å². The van der Waals surface area contributed by atoms with Crippen molar-refractivity contribution in [3.63, 3.8) is 0 Å². The van der Waals surface area contributed by atoms with Gasteiger partial charge in [-0.3, -0.25) is 9.69 Å². The Balaban J connectivity index is 2.55.